The number of carbonyl (C=O) groups excluding carboxylic acids is 1. The van der Waals surface area contributed by atoms with Crippen LogP contribution in [0.15, 0.2) is 58.3 Å². The molecule has 0 saturated heterocycles. The third kappa shape index (κ3) is 3.54. The zero-order valence-corrected chi connectivity index (χ0v) is 17.0. The van der Waals surface area contributed by atoms with E-state index in [4.69, 9.17) is 11.6 Å². The van der Waals surface area contributed by atoms with E-state index in [0.717, 1.165) is 22.8 Å². The van der Waals surface area contributed by atoms with Crippen molar-refractivity contribution in [3.05, 3.63) is 96.0 Å². The maximum absolute atomic E-state index is 13.5. The molecule has 2 heterocycles. The second kappa shape index (κ2) is 7.78. The van der Waals surface area contributed by atoms with E-state index in [9.17, 15) is 28.9 Å². The molecule has 0 aliphatic carbocycles. The minimum Gasteiger partial charge on any atom is -0.344 e. The fourth-order valence-electron chi connectivity index (χ4n) is 3.30. The van der Waals surface area contributed by atoms with E-state index >= 15 is 0 Å². The lowest BCUT2D eigenvalue weighted by molar-refractivity contribution is -0.387. The summed E-state index contributed by atoms with van der Waals surface area (Å²) in [5.74, 6) is -1.80. The molecule has 2 aromatic carbocycles. The number of anilines is 1. The molecule has 162 valence electrons. The molecule has 1 amide bonds. The van der Waals surface area contributed by atoms with Crippen LogP contribution >= 0.6 is 11.6 Å². The van der Waals surface area contributed by atoms with E-state index in [1.54, 1.807) is 0 Å². The number of hydrogen-bond acceptors (Lipinski definition) is 5. The minimum atomic E-state index is -1.05. The number of rotatable bonds is 4. The lowest BCUT2D eigenvalue weighted by Crippen LogP contribution is -2.34. The molecular weight excluding hydrogens is 445 g/mol. The van der Waals surface area contributed by atoms with Crippen molar-refractivity contribution in [2.75, 3.05) is 5.32 Å². The maximum Gasteiger partial charge on any atom is 0.333 e. The van der Waals surface area contributed by atoms with Crippen LogP contribution in [0, 0.1) is 15.9 Å². The Morgan fingerprint density at radius 1 is 1.19 bits per heavy atom. The molecule has 0 saturated carbocycles. The number of halogens is 2. The Kier molecular flexibility index (Phi) is 5.11. The first-order chi connectivity index (χ1) is 15.2. The summed E-state index contributed by atoms with van der Waals surface area (Å²) in [5, 5.41) is 13.8. The number of nitro benzene ring substituents is 1. The highest BCUT2D eigenvalue weighted by Crippen LogP contribution is 2.23. The maximum atomic E-state index is 13.5. The first-order valence-electron chi connectivity index (χ1n) is 9.03. The molecule has 0 fully saturated rings. The van der Waals surface area contributed by atoms with E-state index < -0.39 is 33.6 Å². The summed E-state index contributed by atoms with van der Waals surface area (Å²) in [6, 6.07) is 8.93. The number of aromatic nitrogens is 3. The van der Waals surface area contributed by atoms with E-state index in [-0.39, 0.29) is 28.0 Å². The highest BCUT2D eigenvalue weighted by Gasteiger charge is 2.21. The predicted molar refractivity (Wildman–Crippen MR) is 115 cm³/mol. The molecule has 32 heavy (non-hydrogen) atoms. The fraction of sp³-hybridized carbons (Fsp3) is 0.0500. The summed E-state index contributed by atoms with van der Waals surface area (Å²) in [6.45, 7) is 0. The van der Waals surface area contributed by atoms with Crippen LogP contribution in [0.4, 0.5) is 15.8 Å². The SMILES string of the molecule is Cn1cc(C(=O)Nc2ccc(F)c([N+](=O)[O-])c2)c2[nH]c(=O)n(-c3ccc(Cl)cc3)c(=O)c21. The van der Waals surface area contributed by atoms with E-state index in [1.807, 2.05) is 0 Å². The lowest BCUT2D eigenvalue weighted by atomic mass is 10.2. The number of fused-ring (bicyclic) bond motifs is 1. The third-order valence-corrected chi connectivity index (χ3v) is 5.00. The van der Waals surface area contributed by atoms with Crippen LogP contribution in [-0.4, -0.2) is 24.9 Å². The molecule has 2 aromatic heterocycles. The average Bonchev–Trinajstić information content (AvgIpc) is 3.07. The standard InChI is InChI=1S/C20H13ClFN5O5/c1-25-9-13(18(28)23-11-4-7-14(22)15(8-11)27(31)32)16-17(25)19(29)26(20(30)24-16)12-5-2-10(21)3-6-12/h2-9H,1H3,(H,23,28)(H,24,30). The van der Waals surface area contributed by atoms with Crippen LogP contribution < -0.4 is 16.6 Å². The van der Waals surface area contributed by atoms with Crippen LogP contribution in [-0.2, 0) is 7.05 Å². The van der Waals surface area contributed by atoms with Gasteiger partial charge in [0.15, 0.2) is 0 Å². The van der Waals surface area contributed by atoms with E-state index in [0.29, 0.717) is 5.02 Å². The van der Waals surface area contributed by atoms with Crippen molar-refractivity contribution in [3.8, 4) is 5.69 Å². The van der Waals surface area contributed by atoms with Gasteiger partial charge >= 0.3 is 11.4 Å². The quantitative estimate of drug-likeness (QED) is 0.359. The molecule has 4 aromatic rings. The number of nitro groups is 1. The van der Waals surface area contributed by atoms with Gasteiger partial charge in [0, 0.05) is 30.0 Å². The molecule has 10 nitrogen and oxygen atoms in total. The number of H-pyrrole nitrogens is 1. The van der Waals surface area contributed by atoms with Gasteiger partial charge in [0.1, 0.15) is 5.52 Å². The Labute approximate surface area is 182 Å². The van der Waals surface area contributed by atoms with Crippen LogP contribution in [0.1, 0.15) is 10.4 Å². The van der Waals surface area contributed by atoms with Gasteiger partial charge in [-0.1, -0.05) is 11.6 Å². The summed E-state index contributed by atoms with van der Waals surface area (Å²) in [4.78, 5) is 51.0. The Bertz CT molecular complexity index is 1520. The Hall–Kier alpha value is -4.25. The van der Waals surface area contributed by atoms with Gasteiger partial charge in [0.05, 0.1) is 21.7 Å². The number of benzene rings is 2. The van der Waals surface area contributed by atoms with Crippen molar-refractivity contribution >= 4 is 39.9 Å². The summed E-state index contributed by atoms with van der Waals surface area (Å²) < 4.78 is 15.8. The molecule has 0 aliphatic heterocycles. The van der Waals surface area contributed by atoms with Crippen LogP contribution in [0.25, 0.3) is 16.7 Å². The highest BCUT2D eigenvalue weighted by molar-refractivity contribution is 6.30. The number of hydrogen-bond donors (Lipinski definition) is 2. The fourth-order valence-corrected chi connectivity index (χ4v) is 3.42. The topological polar surface area (TPSA) is 132 Å². The molecule has 2 N–H and O–H groups in total. The first-order valence-corrected chi connectivity index (χ1v) is 9.40. The van der Waals surface area contributed by atoms with Crippen LogP contribution in [0.3, 0.4) is 0 Å². The normalized spacial score (nSPS) is 11.0. The van der Waals surface area contributed by atoms with Gasteiger partial charge in [-0.25, -0.2) is 9.36 Å². The summed E-state index contributed by atoms with van der Waals surface area (Å²) in [6.07, 6.45) is 1.33. The van der Waals surface area contributed by atoms with Gasteiger partial charge in [0.25, 0.3) is 11.5 Å². The van der Waals surface area contributed by atoms with Crippen molar-refractivity contribution in [2.45, 2.75) is 0 Å². The second-order valence-electron chi connectivity index (χ2n) is 6.80. The zero-order valence-electron chi connectivity index (χ0n) is 16.3. The smallest absolute Gasteiger partial charge is 0.333 e. The number of carbonyl (C=O) groups is 1. The van der Waals surface area contributed by atoms with Gasteiger partial charge in [0.2, 0.25) is 5.82 Å². The monoisotopic (exact) mass is 457 g/mol. The van der Waals surface area contributed by atoms with Crippen molar-refractivity contribution < 1.29 is 14.1 Å². The molecule has 0 aliphatic rings. The van der Waals surface area contributed by atoms with E-state index in [2.05, 4.69) is 10.3 Å². The molecule has 0 radical (unpaired) electrons. The Morgan fingerprint density at radius 3 is 2.53 bits per heavy atom. The van der Waals surface area contributed by atoms with Crippen LogP contribution in [0.5, 0.6) is 0 Å². The van der Waals surface area contributed by atoms with Gasteiger partial charge in [-0.3, -0.25) is 19.7 Å². The number of aryl methyl sites for hydroxylation is 1. The predicted octanol–water partition coefficient (Wildman–Crippen LogP) is 2.97. The van der Waals surface area contributed by atoms with Crippen LogP contribution in [0.2, 0.25) is 5.02 Å². The summed E-state index contributed by atoms with van der Waals surface area (Å²) in [7, 11) is 1.52. The first kappa shape index (κ1) is 21.0. The number of amides is 1. The molecule has 0 bridgehead atoms. The largest absolute Gasteiger partial charge is 0.344 e. The molecule has 0 atom stereocenters. The Balaban J connectivity index is 1.80. The summed E-state index contributed by atoms with van der Waals surface area (Å²) in [5.41, 5.74) is -2.00. The van der Waals surface area contributed by atoms with E-state index in [1.165, 1.54) is 42.1 Å². The highest BCUT2D eigenvalue weighted by atomic mass is 35.5. The number of aromatic amines is 1. The van der Waals surface area contributed by atoms with Crippen molar-refractivity contribution in [2.24, 2.45) is 7.05 Å². The average molecular weight is 458 g/mol. The third-order valence-electron chi connectivity index (χ3n) is 4.75. The van der Waals surface area contributed by atoms with Gasteiger partial charge < -0.3 is 14.9 Å². The zero-order chi connectivity index (χ0) is 23.2. The number of nitrogens with one attached hydrogen (secondary N) is 2. The summed E-state index contributed by atoms with van der Waals surface area (Å²) >= 11 is 5.86. The van der Waals surface area contributed by atoms with Crippen molar-refractivity contribution in [1.29, 1.82) is 0 Å². The number of nitrogens with zero attached hydrogens (tertiary/aromatic N) is 3. The second-order valence-corrected chi connectivity index (χ2v) is 7.24. The van der Waals surface area contributed by atoms with Crippen molar-refractivity contribution in [1.82, 2.24) is 14.1 Å². The lowest BCUT2D eigenvalue weighted by Gasteiger charge is -2.07. The molecule has 4 rings (SSSR count). The molecule has 0 unspecified atom stereocenters. The molecule has 0 spiro atoms. The Morgan fingerprint density at radius 2 is 1.88 bits per heavy atom. The van der Waals surface area contributed by atoms with Gasteiger partial charge in [-0.05, 0) is 36.4 Å². The van der Waals surface area contributed by atoms with Crippen molar-refractivity contribution in [3.63, 3.8) is 0 Å². The molecular formula is C20H13ClFN5O5. The minimum absolute atomic E-state index is 0.0122. The van der Waals surface area contributed by atoms with Gasteiger partial charge in [-0.2, -0.15) is 4.39 Å². The molecule has 12 heteroatoms. The van der Waals surface area contributed by atoms with Gasteiger partial charge in [-0.15, -0.1) is 0 Å².